The van der Waals surface area contributed by atoms with Gasteiger partial charge in [0, 0.05) is 17.3 Å². The molecule has 0 saturated heterocycles. The van der Waals surface area contributed by atoms with E-state index >= 15 is 0 Å². The molecule has 0 aromatic heterocycles. The first kappa shape index (κ1) is 19.3. The third-order valence-corrected chi connectivity index (χ3v) is 4.26. The highest BCUT2D eigenvalue weighted by molar-refractivity contribution is 7.98. The monoisotopic (exact) mass is 288 g/mol. The average molecular weight is 289 g/mol. The minimum Gasteiger partial charge on any atom is -0.312 e. The van der Waals surface area contributed by atoms with Crippen LogP contribution in [0.1, 0.15) is 59.8 Å². The van der Waals surface area contributed by atoms with Gasteiger partial charge in [0.2, 0.25) is 0 Å². The molecular weight excluding hydrogens is 252 g/mol. The Hall–Kier alpha value is 0.270. The third kappa shape index (κ3) is 11.8. The highest BCUT2D eigenvalue weighted by atomic mass is 32.2. The fraction of sp³-hybridized carbons (Fsp3) is 1.00. The maximum atomic E-state index is 3.55. The molecule has 0 aliphatic carbocycles. The van der Waals surface area contributed by atoms with Crippen molar-refractivity contribution in [3.8, 4) is 0 Å². The molecule has 0 aliphatic heterocycles. The second kappa shape index (κ2) is 11.0. The average Bonchev–Trinajstić information content (AvgIpc) is 2.33. The topological polar surface area (TPSA) is 15.3 Å². The number of unbranched alkanes of at least 4 members (excludes halogenated alkanes) is 3. The van der Waals surface area contributed by atoms with Gasteiger partial charge in [-0.25, -0.2) is 0 Å². The van der Waals surface area contributed by atoms with Gasteiger partial charge in [0.25, 0.3) is 0 Å². The Morgan fingerprint density at radius 3 is 2.26 bits per heavy atom. The number of rotatable bonds is 11. The van der Waals surface area contributed by atoms with Crippen molar-refractivity contribution in [3.63, 3.8) is 0 Å². The van der Waals surface area contributed by atoms with Crippen molar-refractivity contribution in [2.75, 3.05) is 32.1 Å². The number of thioether (sulfide) groups is 1. The minimum atomic E-state index is 0.270. The summed E-state index contributed by atoms with van der Waals surface area (Å²) in [5.74, 6) is 1.27. The molecule has 0 aliphatic rings. The first-order valence-corrected chi connectivity index (χ1v) is 9.24. The summed E-state index contributed by atoms with van der Waals surface area (Å²) in [5.41, 5.74) is 0.270. The van der Waals surface area contributed by atoms with E-state index in [2.05, 4.69) is 51.2 Å². The summed E-state index contributed by atoms with van der Waals surface area (Å²) in [6, 6.07) is 0.762. The predicted octanol–water partition coefficient (Wildman–Crippen LogP) is 4.01. The zero-order valence-corrected chi connectivity index (χ0v) is 14.9. The van der Waals surface area contributed by atoms with Crippen LogP contribution in [0.15, 0.2) is 0 Å². The van der Waals surface area contributed by atoms with Crippen molar-refractivity contribution in [2.45, 2.75) is 71.4 Å². The normalized spacial score (nSPS) is 14.1. The Kier molecular flexibility index (Phi) is 11.1. The van der Waals surface area contributed by atoms with E-state index in [1.807, 2.05) is 11.8 Å². The van der Waals surface area contributed by atoms with Gasteiger partial charge in [-0.05, 0) is 66.4 Å². The smallest absolute Gasteiger partial charge is 0.0180 e. The Balaban J connectivity index is 3.48. The van der Waals surface area contributed by atoms with Crippen LogP contribution in [0.3, 0.4) is 0 Å². The van der Waals surface area contributed by atoms with Crippen molar-refractivity contribution in [1.29, 1.82) is 0 Å². The van der Waals surface area contributed by atoms with Crippen molar-refractivity contribution in [1.82, 2.24) is 10.2 Å². The van der Waals surface area contributed by atoms with Crippen LogP contribution in [0, 0.1) is 0 Å². The quantitative estimate of drug-likeness (QED) is 0.578. The van der Waals surface area contributed by atoms with Gasteiger partial charge in [-0.1, -0.05) is 19.8 Å². The maximum absolute atomic E-state index is 3.55. The van der Waals surface area contributed by atoms with Crippen LogP contribution in [0.2, 0.25) is 0 Å². The summed E-state index contributed by atoms with van der Waals surface area (Å²) >= 11 is 1.97. The predicted molar refractivity (Wildman–Crippen MR) is 91.3 cm³/mol. The van der Waals surface area contributed by atoms with Crippen LogP contribution >= 0.6 is 11.8 Å². The van der Waals surface area contributed by atoms with Crippen LogP contribution in [-0.4, -0.2) is 48.6 Å². The molecule has 0 heterocycles. The zero-order chi connectivity index (χ0) is 14.7. The van der Waals surface area contributed by atoms with Gasteiger partial charge in [0.15, 0.2) is 0 Å². The molecule has 0 bridgehead atoms. The van der Waals surface area contributed by atoms with Gasteiger partial charge in [-0.2, -0.15) is 11.8 Å². The molecule has 19 heavy (non-hydrogen) atoms. The molecule has 0 aromatic carbocycles. The maximum Gasteiger partial charge on any atom is 0.0180 e. The van der Waals surface area contributed by atoms with E-state index in [0.29, 0.717) is 0 Å². The highest BCUT2D eigenvalue weighted by Gasteiger charge is 2.11. The zero-order valence-electron chi connectivity index (χ0n) is 14.1. The lowest BCUT2D eigenvalue weighted by atomic mass is 10.1. The molecule has 0 saturated carbocycles. The molecule has 1 unspecified atom stereocenters. The summed E-state index contributed by atoms with van der Waals surface area (Å²) in [7, 11) is 2.28. The van der Waals surface area contributed by atoms with Gasteiger partial charge in [0.05, 0.1) is 0 Å². The van der Waals surface area contributed by atoms with E-state index in [4.69, 9.17) is 0 Å². The number of nitrogens with one attached hydrogen (secondary N) is 1. The molecule has 1 atom stereocenters. The Morgan fingerprint density at radius 1 is 1.11 bits per heavy atom. The first-order chi connectivity index (χ1) is 8.90. The lowest BCUT2D eigenvalue weighted by Crippen LogP contribution is -2.36. The Bertz CT molecular complexity index is 201. The van der Waals surface area contributed by atoms with Crippen molar-refractivity contribution in [3.05, 3.63) is 0 Å². The second-order valence-electron chi connectivity index (χ2n) is 6.59. The van der Waals surface area contributed by atoms with Gasteiger partial charge >= 0.3 is 0 Å². The molecule has 0 rings (SSSR count). The summed E-state index contributed by atoms with van der Waals surface area (Å²) in [6.07, 6.45) is 8.85. The molecule has 116 valence electrons. The van der Waals surface area contributed by atoms with Crippen LogP contribution < -0.4 is 5.32 Å². The van der Waals surface area contributed by atoms with Crippen molar-refractivity contribution >= 4 is 11.8 Å². The molecule has 1 N–H and O–H groups in total. The summed E-state index contributed by atoms with van der Waals surface area (Å²) in [4.78, 5) is 2.55. The van der Waals surface area contributed by atoms with E-state index in [1.54, 1.807) is 0 Å². The summed E-state index contributed by atoms with van der Waals surface area (Å²) in [6.45, 7) is 11.4. The molecule has 2 nitrogen and oxygen atoms in total. The van der Waals surface area contributed by atoms with E-state index in [9.17, 15) is 0 Å². The largest absolute Gasteiger partial charge is 0.312 e. The van der Waals surface area contributed by atoms with Gasteiger partial charge in [-0.15, -0.1) is 0 Å². The Labute approximate surface area is 126 Å². The molecular formula is C16H36N2S. The van der Waals surface area contributed by atoms with E-state index < -0.39 is 0 Å². The first-order valence-electron chi connectivity index (χ1n) is 7.85. The van der Waals surface area contributed by atoms with E-state index in [0.717, 1.165) is 12.6 Å². The van der Waals surface area contributed by atoms with Crippen molar-refractivity contribution < 1.29 is 0 Å². The fourth-order valence-corrected chi connectivity index (χ4v) is 3.11. The van der Waals surface area contributed by atoms with E-state index in [-0.39, 0.29) is 5.54 Å². The molecule has 0 fully saturated rings. The standard InChI is InChI=1S/C16H36N2S/c1-7-15(14-19-6)18(5)13-11-9-8-10-12-17-16(2,3)4/h15,17H,7-14H2,1-6H3. The molecule has 0 amide bonds. The van der Waals surface area contributed by atoms with Crippen LogP contribution in [0.25, 0.3) is 0 Å². The minimum absolute atomic E-state index is 0.270. The fourth-order valence-electron chi connectivity index (χ4n) is 2.23. The van der Waals surface area contributed by atoms with E-state index in [1.165, 1.54) is 44.4 Å². The molecule has 0 aromatic rings. The SMILES string of the molecule is CCC(CSC)N(C)CCCCCCNC(C)(C)C. The van der Waals surface area contributed by atoms with Gasteiger partial charge in [-0.3, -0.25) is 0 Å². The molecule has 0 radical (unpaired) electrons. The Morgan fingerprint density at radius 2 is 1.74 bits per heavy atom. The molecule has 0 spiro atoms. The third-order valence-electron chi connectivity index (χ3n) is 3.55. The number of hydrogen-bond acceptors (Lipinski definition) is 3. The van der Waals surface area contributed by atoms with Gasteiger partial charge < -0.3 is 10.2 Å². The van der Waals surface area contributed by atoms with Crippen molar-refractivity contribution in [2.24, 2.45) is 0 Å². The van der Waals surface area contributed by atoms with Gasteiger partial charge in [0.1, 0.15) is 0 Å². The summed E-state index contributed by atoms with van der Waals surface area (Å²) < 4.78 is 0. The highest BCUT2D eigenvalue weighted by Crippen LogP contribution is 2.10. The lowest BCUT2D eigenvalue weighted by Gasteiger charge is -2.26. The van der Waals surface area contributed by atoms with Crippen LogP contribution in [0.4, 0.5) is 0 Å². The number of hydrogen-bond donors (Lipinski definition) is 1. The molecule has 3 heteroatoms. The summed E-state index contributed by atoms with van der Waals surface area (Å²) in [5, 5.41) is 3.55. The number of nitrogens with zero attached hydrogens (tertiary/aromatic N) is 1. The van der Waals surface area contributed by atoms with Crippen LogP contribution in [0.5, 0.6) is 0 Å². The second-order valence-corrected chi connectivity index (χ2v) is 7.50. The lowest BCUT2D eigenvalue weighted by molar-refractivity contribution is 0.250. The van der Waals surface area contributed by atoms with Crippen LogP contribution in [-0.2, 0) is 0 Å².